The zero-order valence-corrected chi connectivity index (χ0v) is 17.1. The molecule has 0 saturated carbocycles. The van der Waals surface area contributed by atoms with Crippen LogP contribution >= 0.6 is 0 Å². The lowest BCUT2D eigenvalue weighted by Crippen LogP contribution is -2.20. The zero-order chi connectivity index (χ0) is 18.9. The maximum absolute atomic E-state index is 8.70. The minimum absolute atomic E-state index is 0.104. The molecule has 1 aliphatic carbocycles. The molecule has 140 valence electrons. The fourth-order valence-corrected chi connectivity index (χ4v) is 3.38. The molecule has 2 heteroatoms. The number of aliphatic imine (C=N–C) groups is 1. The van der Waals surface area contributed by atoms with Crippen LogP contribution in [-0.2, 0) is 0 Å². The maximum Gasteiger partial charge on any atom is 0.0626 e. The quantitative estimate of drug-likeness (QED) is 0.325. The standard InChI is InChI=1S/C23H37NO/c1-18(13-15-24-16-17-25)9-10-19(2)20(3)11-12-22-21(4)8-7-14-23(22,5)6/h9-11,13,15,19,25H,7-8,12,14,16-17H2,1-6H3/b10-9+,18-13?,20-11+,24-15?. The molecular weight excluding hydrogens is 306 g/mol. The number of hydrogen-bond donors (Lipinski definition) is 1. The van der Waals surface area contributed by atoms with Gasteiger partial charge in [0, 0.05) is 6.21 Å². The van der Waals surface area contributed by atoms with Gasteiger partial charge in [-0.05, 0) is 69.4 Å². The van der Waals surface area contributed by atoms with Gasteiger partial charge in [0.1, 0.15) is 0 Å². The summed E-state index contributed by atoms with van der Waals surface area (Å²) < 4.78 is 0. The van der Waals surface area contributed by atoms with Crippen LogP contribution in [0.3, 0.4) is 0 Å². The summed E-state index contributed by atoms with van der Waals surface area (Å²) in [6.07, 6.45) is 15.6. The molecule has 1 atom stereocenters. The van der Waals surface area contributed by atoms with E-state index in [0.717, 1.165) is 6.42 Å². The van der Waals surface area contributed by atoms with E-state index in [1.807, 2.05) is 6.08 Å². The summed E-state index contributed by atoms with van der Waals surface area (Å²) in [5.74, 6) is 0.435. The second kappa shape index (κ2) is 10.6. The van der Waals surface area contributed by atoms with Crippen molar-refractivity contribution in [3.63, 3.8) is 0 Å². The summed E-state index contributed by atoms with van der Waals surface area (Å²) >= 11 is 0. The zero-order valence-electron chi connectivity index (χ0n) is 17.1. The fourth-order valence-electron chi connectivity index (χ4n) is 3.38. The minimum atomic E-state index is 0.104. The Hall–Kier alpha value is -1.41. The normalized spacial score (nSPS) is 20.8. The van der Waals surface area contributed by atoms with Crippen molar-refractivity contribution in [3.8, 4) is 0 Å². The highest BCUT2D eigenvalue weighted by molar-refractivity contribution is 5.72. The molecule has 25 heavy (non-hydrogen) atoms. The summed E-state index contributed by atoms with van der Waals surface area (Å²) in [5.41, 5.74) is 6.20. The van der Waals surface area contributed by atoms with Crippen LogP contribution in [0.2, 0.25) is 0 Å². The molecule has 0 aliphatic heterocycles. The van der Waals surface area contributed by atoms with Crippen molar-refractivity contribution in [1.82, 2.24) is 0 Å². The second-order valence-electron chi connectivity index (χ2n) is 7.99. The van der Waals surface area contributed by atoms with Gasteiger partial charge < -0.3 is 5.11 Å². The van der Waals surface area contributed by atoms with Crippen molar-refractivity contribution in [3.05, 3.63) is 46.6 Å². The maximum atomic E-state index is 8.70. The van der Waals surface area contributed by atoms with E-state index < -0.39 is 0 Å². The van der Waals surface area contributed by atoms with Gasteiger partial charge in [0.25, 0.3) is 0 Å². The van der Waals surface area contributed by atoms with Crippen LogP contribution in [0, 0.1) is 11.3 Å². The molecule has 1 N–H and O–H groups in total. The van der Waals surface area contributed by atoms with Crippen molar-refractivity contribution >= 4 is 6.21 Å². The van der Waals surface area contributed by atoms with E-state index in [1.54, 1.807) is 17.4 Å². The highest BCUT2D eigenvalue weighted by atomic mass is 16.3. The predicted molar refractivity (Wildman–Crippen MR) is 111 cm³/mol. The number of rotatable bonds is 8. The Morgan fingerprint density at radius 1 is 1.32 bits per heavy atom. The summed E-state index contributed by atoms with van der Waals surface area (Å²) in [6.45, 7) is 14.2. The lowest BCUT2D eigenvalue weighted by atomic mass is 9.71. The molecule has 1 aliphatic rings. The average Bonchev–Trinajstić information content (AvgIpc) is 2.55. The van der Waals surface area contributed by atoms with Gasteiger partial charge in [0.15, 0.2) is 0 Å². The molecule has 1 rings (SSSR count). The van der Waals surface area contributed by atoms with E-state index in [2.05, 4.69) is 64.8 Å². The van der Waals surface area contributed by atoms with Gasteiger partial charge in [0.2, 0.25) is 0 Å². The molecule has 0 amide bonds. The SMILES string of the molecule is CC(=CC=NCCO)/C=C/C(C)/C(C)=C/CC1=C(C)CCCC1(C)C. The molecule has 2 nitrogen and oxygen atoms in total. The molecule has 0 bridgehead atoms. The van der Waals surface area contributed by atoms with Gasteiger partial charge in [-0.1, -0.05) is 55.7 Å². The minimum Gasteiger partial charge on any atom is -0.394 e. The third kappa shape index (κ3) is 7.56. The lowest BCUT2D eigenvalue weighted by molar-refractivity contribution is 0.307. The van der Waals surface area contributed by atoms with E-state index in [-0.39, 0.29) is 6.61 Å². The van der Waals surface area contributed by atoms with Gasteiger partial charge in [-0.2, -0.15) is 0 Å². The van der Waals surface area contributed by atoms with Crippen LogP contribution in [0.5, 0.6) is 0 Å². The van der Waals surface area contributed by atoms with Crippen molar-refractivity contribution < 1.29 is 5.11 Å². The highest BCUT2D eigenvalue weighted by Gasteiger charge is 2.27. The third-order valence-electron chi connectivity index (χ3n) is 5.35. The molecule has 0 saturated heterocycles. The van der Waals surface area contributed by atoms with Crippen molar-refractivity contribution in [2.45, 2.75) is 67.2 Å². The summed E-state index contributed by atoms with van der Waals surface area (Å²) in [4.78, 5) is 4.09. The van der Waals surface area contributed by atoms with Crippen LogP contribution < -0.4 is 0 Å². The Morgan fingerprint density at radius 3 is 2.68 bits per heavy atom. The first kappa shape index (κ1) is 21.6. The summed E-state index contributed by atoms with van der Waals surface area (Å²) in [5, 5.41) is 8.70. The second-order valence-corrected chi connectivity index (χ2v) is 7.99. The molecule has 0 fully saturated rings. The smallest absolute Gasteiger partial charge is 0.0626 e. The molecule has 0 aromatic carbocycles. The molecule has 0 spiro atoms. The third-order valence-corrected chi connectivity index (χ3v) is 5.35. The Labute approximate surface area is 155 Å². The molecule has 0 radical (unpaired) electrons. The first-order chi connectivity index (χ1) is 11.8. The van der Waals surface area contributed by atoms with Gasteiger partial charge in [-0.25, -0.2) is 0 Å². The van der Waals surface area contributed by atoms with E-state index in [1.165, 1.54) is 30.4 Å². The van der Waals surface area contributed by atoms with Crippen molar-refractivity contribution in [1.29, 1.82) is 0 Å². The van der Waals surface area contributed by atoms with Gasteiger partial charge in [-0.3, -0.25) is 4.99 Å². The van der Waals surface area contributed by atoms with Crippen molar-refractivity contribution in [2.75, 3.05) is 13.2 Å². The van der Waals surface area contributed by atoms with Crippen LogP contribution in [0.25, 0.3) is 0 Å². The Kier molecular flexibility index (Phi) is 9.13. The molecule has 1 unspecified atom stereocenters. The summed E-state index contributed by atoms with van der Waals surface area (Å²) in [6, 6.07) is 0. The molecule has 0 aromatic heterocycles. The number of hydrogen-bond acceptors (Lipinski definition) is 2. The van der Waals surface area contributed by atoms with Gasteiger partial charge in [-0.15, -0.1) is 0 Å². The van der Waals surface area contributed by atoms with E-state index >= 15 is 0 Å². The van der Waals surface area contributed by atoms with Crippen LogP contribution in [0.1, 0.15) is 67.2 Å². The topological polar surface area (TPSA) is 32.6 Å². The number of aliphatic hydroxyl groups excluding tert-OH is 1. The first-order valence-corrected chi connectivity index (χ1v) is 9.59. The summed E-state index contributed by atoms with van der Waals surface area (Å²) in [7, 11) is 0. The van der Waals surface area contributed by atoms with Gasteiger partial charge in [0.05, 0.1) is 13.2 Å². The number of allylic oxidation sites excluding steroid dienone is 8. The van der Waals surface area contributed by atoms with E-state index in [0.29, 0.717) is 17.9 Å². The number of aliphatic hydroxyl groups is 1. The lowest BCUT2D eigenvalue weighted by Gasteiger charge is -2.34. The largest absolute Gasteiger partial charge is 0.394 e. The number of nitrogens with zero attached hydrogens (tertiary/aromatic N) is 1. The average molecular weight is 344 g/mol. The molecule has 0 aromatic rings. The molecule has 0 heterocycles. The Balaban J connectivity index is 2.68. The van der Waals surface area contributed by atoms with Crippen LogP contribution in [0.4, 0.5) is 0 Å². The van der Waals surface area contributed by atoms with Gasteiger partial charge >= 0.3 is 0 Å². The van der Waals surface area contributed by atoms with Crippen molar-refractivity contribution in [2.24, 2.45) is 16.3 Å². The monoisotopic (exact) mass is 343 g/mol. The fraction of sp³-hybridized carbons (Fsp3) is 0.609. The Bertz CT molecular complexity index is 573. The van der Waals surface area contributed by atoms with E-state index in [4.69, 9.17) is 5.11 Å². The van der Waals surface area contributed by atoms with Crippen LogP contribution in [-0.4, -0.2) is 24.5 Å². The predicted octanol–water partition coefficient (Wildman–Crippen LogP) is 6.05. The highest BCUT2D eigenvalue weighted by Crippen LogP contribution is 2.42. The van der Waals surface area contributed by atoms with E-state index in [9.17, 15) is 0 Å². The first-order valence-electron chi connectivity index (χ1n) is 9.59. The van der Waals surface area contributed by atoms with Crippen LogP contribution in [0.15, 0.2) is 51.6 Å². The molecular formula is C23H37NO. The Morgan fingerprint density at radius 2 is 2.04 bits per heavy atom.